The molecule has 0 aromatic heterocycles. The Morgan fingerprint density at radius 1 is 1.25 bits per heavy atom. The first-order chi connectivity index (χ1) is 9.47. The second-order valence-electron chi connectivity index (χ2n) is 6.05. The van der Waals surface area contributed by atoms with E-state index in [0.717, 1.165) is 12.5 Å². The zero-order valence-corrected chi connectivity index (χ0v) is 14.0. The Balaban J connectivity index is 1.83. The van der Waals surface area contributed by atoms with E-state index in [2.05, 4.69) is 31.0 Å². The van der Waals surface area contributed by atoms with E-state index in [1.54, 1.807) is 0 Å². The second-order valence-corrected chi connectivity index (χ2v) is 6.86. The third-order valence-electron chi connectivity index (χ3n) is 4.20. The summed E-state index contributed by atoms with van der Waals surface area (Å²) in [5.74, 6) is 0.752. The van der Waals surface area contributed by atoms with Crippen molar-refractivity contribution in [2.75, 3.05) is 19.6 Å². The molecule has 0 aliphatic carbocycles. The number of likely N-dealkylation sites (tertiary alicyclic amines) is 1. The first-order valence-electron chi connectivity index (χ1n) is 7.39. The lowest BCUT2D eigenvalue weighted by Gasteiger charge is -2.21. The Morgan fingerprint density at radius 2 is 2.00 bits per heavy atom. The monoisotopic (exact) mass is 314 g/mol. The lowest BCUT2D eigenvalue weighted by Crippen LogP contribution is -2.31. The van der Waals surface area contributed by atoms with Crippen molar-refractivity contribution in [1.82, 2.24) is 10.2 Å². The number of hydrogen-bond donors (Lipinski definition) is 1. The summed E-state index contributed by atoms with van der Waals surface area (Å²) in [6.45, 7) is 10.2. The van der Waals surface area contributed by atoms with Gasteiger partial charge >= 0.3 is 0 Å². The van der Waals surface area contributed by atoms with Gasteiger partial charge < -0.3 is 10.2 Å². The molecule has 1 aromatic rings. The highest BCUT2D eigenvalue weighted by molar-refractivity contribution is 6.42. The van der Waals surface area contributed by atoms with Crippen molar-refractivity contribution in [3.8, 4) is 0 Å². The van der Waals surface area contributed by atoms with Crippen molar-refractivity contribution in [2.45, 2.75) is 39.3 Å². The zero-order chi connectivity index (χ0) is 14.7. The summed E-state index contributed by atoms with van der Waals surface area (Å²) in [5, 5.41) is 4.86. The van der Waals surface area contributed by atoms with Crippen LogP contribution < -0.4 is 5.32 Å². The molecule has 1 N–H and O–H groups in total. The predicted octanol–water partition coefficient (Wildman–Crippen LogP) is 4.37. The fraction of sp³-hybridized carbons (Fsp3) is 0.625. The summed E-state index contributed by atoms with van der Waals surface area (Å²) in [6.07, 6.45) is 1.29. The number of nitrogens with zero attached hydrogens (tertiary/aromatic N) is 1. The van der Waals surface area contributed by atoms with Gasteiger partial charge in [0.15, 0.2) is 0 Å². The largest absolute Gasteiger partial charge is 0.310 e. The molecule has 1 aliphatic rings. The molecule has 2 rings (SSSR count). The van der Waals surface area contributed by atoms with Crippen molar-refractivity contribution in [3.05, 3.63) is 33.8 Å². The molecule has 2 nitrogen and oxygen atoms in total. The maximum Gasteiger partial charge on any atom is 0.0595 e. The maximum atomic E-state index is 6.07. The average molecular weight is 315 g/mol. The molecule has 0 amide bonds. The third kappa shape index (κ3) is 4.11. The molecule has 112 valence electrons. The molecule has 1 heterocycles. The predicted molar refractivity (Wildman–Crippen MR) is 87.7 cm³/mol. The van der Waals surface area contributed by atoms with E-state index in [1.807, 2.05) is 18.2 Å². The van der Waals surface area contributed by atoms with Gasteiger partial charge in [-0.3, -0.25) is 0 Å². The Hall–Kier alpha value is -0.280. The van der Waals surface area contributed by atoms with E-state index in [-0.39, 0.29) is 0 Å². The summed E-state index contributed by atoms with van der Waals surface area (Å²) < 4.78 is 0. The molecular formula is C16H24Cl2N2. The fourth-order valence-electron chi connectivity index (χ4n) is 2.74. The lowest BCUT2D eigenvalue weighted by molar-refractivity contribution is 0.263. The summed E-state index contributed by atoms with van der Waals surface area (Å²) in [4.78, 5) is 2.55. The van der Waals surface area contributed by atoms with Gasteiger partial charge in [-0.15, -0.1) is 0 Å². The topological polar surface area (TPSA) is 15.3 Å². The van der Waals surface area contributed by atoms with E-state index in [4.69, 9.17) is 23.2 Å². The van der Waals surface area contributed by atoms with Crippen LogP contribution >= 0.6 is 23.2 Å². The first kappa shape index (κ1) is 16.1. The van der Waals surface area contributed by atoms with Crippen LogP contribution in [-0.4, -0.2) is 30.6 Å². The number of benzene rings is 1. The molecule has 0 spiro atoms. The molecule has 1 aliphatic heterocycles. The van der Waals surface area contributed by atoms with E-state index >= 15 is 0 Å². The van der Waals surface area contributed by atoms with Crippen molar-refractivity contribution in [3.63, 3.8) is 0 Å². The quantitative estimate of drug-likeness (QED) is 0.868. The number of nitrogens with one attached hydrogen (secondary N) is 1. The molecular weight excluding hydrogens is 291 g/mol. The van der Waals surface area contributed by atoms with E-state index in [0.29, 0.717) is 22.1 Å². The van der Waals surface area contributed by atoms with Crippen LogP contribution in [0.2, 0.25) is 10.0 Å². The molecule has 1 aromatic carbocycles. The van der Waals surface area contributed by atoms with Gasteiger partial charge in [0, 0.05) is 18.6 Å². The van der Waals surface area contributed by atoms with Crippen LogP contribution in [0.4, 0.5) is 0 Å². The third-order valence-corrected chi connectivity index (χ3v) is 4.94. The highest BCUT2D eigenvalue weighted by Gasteiger charge is 2.24. The maximum absolute atomic E-state index is 6.07. The van der Waals surface area contributed by atoms with Gasteiger partial charge in [-0.1, -0.05) is 29.3 Å². The van der Waals surface area contributed by atoms with Crippen LogP contribution in [-0.2, 0) is 0 Å². The van der Waals surface area contributed by atoms with Crippen molar-refractivity contribution >= 4 is 23.2 Å². The van der Waals surface area contributed by atoms with E-state index in [9.17, 15) is 0 Å². The molecule has 20 heavy (non-hydrogen) atoms. The van der Waals surface area contributed by atoms with E-state index < -0.39 is 0 Å². The van der Waals surface area contributed by atoms with Gasteiger partial charge in [0.2, 0.25) is 0 Å². The van der Waals surface area contributed by atoms with Crippen LogP contribution in [0.3, 0.4) is 0 Å². The molecule has 1 fully saturated rings. The van der Waals surface area contributed by atoms with Crippen molar-refractivity contribution < 1.29 is 0 Å². The fourth-order valence-corrected chi connectivity index (χ4v) is 3.05. The molecule has 4 heteroatoms. The summed E-state index contributed by atoms with van der Waals surface area (Å²) in [7, 11) is 0. The van der Waals surface area contributed by atoms with Crippen molar-refractivity contribution in [1.29, 1.82) is 0 Å². The Bertz CT molecular complexity index is 448. The summed E-state index contributed by atoms with van der Waals surface area (Å²) in [5.41, 5.74) is 1.19. The van der Waals surface area contributed by atoms with E-state index in [1.165, 1.54) is 25.1 Å². The Morgan fingerprint density at radius 3 is 2.60 bits per heavy atom. The van der Waals surface area contributed by atoms with Gasteiger partial charge in [-0.25, -0.2) is 0 Å². The van der Waals surface area contributed by atoms with Crippen LogP contribution in [0.5, 0.6) is 0 Å². The highest BCUT2D eigenvalue weighted by atomic mass is 35.5. The minimum Gasteiger partial charge on any atom is -0.310 e. The standard InChI is InChI=1S/C16H24Cl2N2/c1-11(2)20-7-6-13(10-20)9-19-12(3)14-4-5-15(17)16(18)8-14/h4-5,8,11-13,19H,6-7,9-10H2,1-3H3. The number of halogens is 2. The molecule has 0 bridgehead atoms. The molecule has 2 unspecified atom stereocenters. The van der Waals surface area contributed by atoms with Gasteiger partial charge in [0.25, 0.3) is 0 Å². The number of hydrogen-bond acceptors (Lipinski definition) is 2. The molecule has 0 radical (unpaired) electrons. The lowest BCUT2D eigenvalue weighted by atomic mass is 10.1. The first-order valence-corrected chi connectivity index (χ1v) is 8.15. The van der Waals surface area contributed by atoms with Crippen LogP contribution in [0.25, 0.3) is 0 Å². The minimum atomic E-state index is 0.304. The molecule has 1 saturated heterocycles. The highest BCUT2D eigenvalue weighted by Crippen LogP contribution is 2.26. The molecule has 2 atom stereocenters. The zero-order valence-electron chi connectivity index (χ0n) is 12.5. The van der Waals surface area contributed by atoms with Gasteiger partial charge in [0.05, 0.1) is 10.0 Å². The smallest absolute Gasteiger partial charge is 0.0595 e. The SMILES string of the molecule is CC(NCC1CCN(C(C)C)C1)c1ccc(Cl)c(Cl)c1. The summed E-state index contributed by atoms with van der Waals surface area (Å²) in [6, 6.07) is 6.83. The second kappa shape index (κ2) is 7.13. The van der Waals surface area contributed by atoms with Crippen molar-refractivity contribution in [2.24, 2.45) is 5.92 Å². The summed E-state index contributed by atoms with van der Waals surface area (Å²) >= 11 is 12.0. The average Bonchev–Trinajstić information content (AvgIpc) is 2.88. The minimum absolute atomic E-state index is 0.304. The van der Waals surface area contributed by atoms with Gasteiger partial charge in [-0.2, -0.15) is 0 Å². The van der Waals surface area contributed by atoms with Crippen LogP contribution in [0, 0.1) is 5.92 Å². The van der Waals surface area contributed by atoms with Gasteiger partial charge in [-0.05, 0) is 63.9 Å². The number of rotatable bonds is 5. The normalized spacial score (nSPS) is 21.6. The van der Waals surface area contributed by atoms with Gasteiger partial charge in [0.1, 0.15) is 0 Å². The Kier molecular flexibility index (Phi) is 5.74. The molecule has 0 saturated carbocycles. The van der Waals surface area contributed by atoms with Crippen LogP contribution in [0.1, 0.15) is 38.8 Å². The van der Waals surface area contributed by atoms with Crippen LogP contribution in [0.15, 0.2) is 18.2 Å². The Labute approximate surface area is 132 Å².